The Hall–Kier alpha value is -1.86. The van der Waals surface area contributed by atoms with Gasteiger partial charge in [0.15, 0.2) is 0 Å². The number of carbonyl (C=O) groups excluding carboxylic acids is 1. The number of thiophene rings is 1. The predicted molar refractivity (Wildman–Crippen MR) is 76.2 cm³/mol. The number of hydrogen-bond donors (Lipinski definition) is 0. The summed E-state index contributed by atoms with van der Waals surface area (Å²) in [5, 5.41) is 10.0. The first-order valence-electron chi connectivity index (χ1n) is 6.38. The zero-order chi connectivity index (χ0) is 13.4. The first kappa shape index (κ1) is 12.2. The molecule has 0 bridgehead atoms. The summed E-state index contributed by atoms with van der Waals surface area (Å²) in [6.07, 6.45) is 2.05. The predicted octanol–water partition coefficient (Wildman–Crippen LogP) is 3.34. The maximum Gasteiger partial charge on any atom is 0.265 e. The van der Waals surface area contributed by atoms with E-state index in [4.69, 9.17) is 5.26 Å². The van der Waals surface area contributed by atoms with Crippen LogP contribution in [0.15, 0.2) is 24.3 Å². The topological polar surface area (TPSA) is 44.1 Å². The first-order chi connectivity index (χ1) is 9.22. The third-order valence-electron chi connectivity index (χ3n) is 3.53. The molecule has 1 aliphatic carbocycles. The highest BCUT2D eigenvalue weighted by Crippen LogP contribution is 2.34. The van der Waals surface area contributed by atoms with Crippen molar-refractivity contribution >= 4 is 27.3 Å². The van der Waals surface area contributed by atoms with Crippen molar-refractivity contribution in [1.82, 2.24) is 4.90 Å². The van der Waals surface area contributed by atoms with E-state index in [9.17, 15) is 4.79 Å². The van der Waals surface area contributed by atoms with Crippen LogP contribution in [0.2, 0.25) is 0 Å². The summed E-state index contributed by atoms with van der Waals surface area (Å²) in [7, 11) is 0. The fourth-order valence-electron chi connectivity index (χ4n) is 2.34. The van der Waals surface area contributed by atoms with Crippen LogP contribution in [0.1, 0.15) is 28.1 Å². The average molecular weight is 270 g/mol. The molecular formula is C15H14N2OS. The molecule has 0 N–H and O–H groups in total. The van der Waals surface area contributed by atoms with E-state index in [1.54, 1.807) is 4.90 Å². The largest absolute Gasteiger partial charge is 0.322 e. The molecular weight excluding hydrogens is 256 g/mol. The number of rotatable bonds is 3. The molecule has 1 aromatic carbocycles. The number of aryl methyl sites for hydroxylation is 1. The lowest BCUT2D eigenvalue weighted by molar-refractivity contribution is 0.0769. The number of carbonyl (C=O) groups is 1. The van der Waals surface area contributed by atoms with Crippen molar-refractivity contribution < 1.29 is 4.79 Å². The lowest BCUT2D eigenvalue weighted by Crippen LogP contribution is -2.33. The Morgan fingerprint density at radius 2 is 2.21 bits per heavy atom. The van der Waals surface area contributed by atoms with Gasteiger partial charge in [-0.3, -0.25) is 4.79 Å². The molecule has 1 fully saturated rings. The third kappa shape index (κ3) is 2.11. The van der Waals surface area contributed by atoms with Crippen LogP contribution in [0.3, 0.4) is 0 Å². The highest BCUT2D eigenvalue weighted by Gasteiger charge is 2.34. The van der Waals surface area contributed by atoms with E-state index >= 15 is 0 Å². The van der Waals surface area contributed by atoms with Gasteiger partial charge in [-0.2, -0.15) is 5.26 Å². The van der Waals surface area contributed by atoms with E-state index in [1.807, 2.05) is 31.2 Å². The maximum atomic E-state index is 12.6. The van der Waals surface area contributed by atoms with Gasteiger partial charge in [0.25, 0.3) is 5.91 Å². The van der Waals surface area contributed by atoms with Crippen LogP contribution in [-0.4, -0.2) is 23.4 Å². The molecule has 0 unspecified atom stereocenters. The summed E-state index contributed by atoms with van der Waals surface area (Å²) < 4.78 is 1.14. The second-order valence-electron chi connectivity index (χ2n) is 4.87. The third-order valence-corrected chi connectivity index (χ3v) is 4.79. The Morgan fingerprint density at radius 3 is 2.84 bits per heavy atom. The molecule has 3 nitrogen and oxygen atoms in total. The van der Waals surface area contributed by atoms with E-state index in [0.29, 0.717) is 0 Å². The number of benzene rings is 1. The van der Waals surface area contributed by atoms with E-state index in [0.717, 1.165) is 33.4 Å². The summed E-state index contributed by atoms with van der Waals surface area (Å²) >= 11 is 1.53. The Labute approximate surface area is 116 Å². The average Bonchev–Trinajstić information content (AvgIpc) is 3.21. The monoisotopic (exact) mass is 270 g/mol. The van der Waals surface area contributed by atoms with Crippen LogP contribution in [0.25, 0.3) is 10.1 Å². The van der Waals surface area contributed by atoms with Gasteiger partial charge in [-0.05, 0) is 36.8 Å². The zero-order valence-corrected chi connectivity index (χ0v) is 11.5. The van der Waals surface area contributed by atoms with Crippen LogP contribution in [-0.2, 0) is 0 Å². The van der Waals surface area contributed by atoms with Crippen LogP contribution in [0.4, 0.5) is 0 Å². The van der Waals surface area contributed by atoms with Crippen molar-refractivity contribution in [3.63, 3.8) is 0 Å². The fourth-order valence-corrected chi connectivity index (χ4v) is 3.50. The summed E-state index contributed by atoms with van der Waals surface area (Å²) in [5.41, 5.74) is 1.04. The van der Waals surface area contributed by atoms with Crippen LogP contribution >= 0.6 is 11.3 Å². The molecule has 96 valence electrons. The quantitative estimate of drug-likeness (QED) is 0.803. The number of hydrogen-bond acceptors (Lipinski definition) is 3. The zero-order valence-electron chi connectivity index (χ0n) is 10.7. The van der Waals surface area contributed by atoms with Gasteiger partial charge in [0.1, 0.15) is 6.54 Å². The van der Waals surface area contributed by atoms with Gasteiger partial charge >= 0.3 is 0 Å². The minimum atomic E-state index is 0.0164. The Morgan fingerprint density at radius 1 is 1.47 bits per heavy atom. The molecule has 0 radical (unpaired) electrons. The Balaban J connectivity index is 2.01. The highest BCUT2D eigenvalue weighted by molar-refractivity contribution is 7.21. The molecule has 1 heterocycles. The van der Waals surface area contributed by atoms with Crippen molar-refractivity contribution in [3.8, 4) is 6.07 Å². The molecule has 0 aliphatic heterocycles. The fraction of sp³-hybridized carbons (Fsp3) is 0.333. The minimum Gasteiger partial charge on any atom is -0.322 e. The van der Waals surface area contributed by atoms with Crippen LogP contribution < -0.4 is 0 Å². The van der Waals surface area contributed by atoms with Crippen molar-refractivity contribution in [2.24, 2.45) is 0 Å². The highest BCUT2D eigenvalue weighted by atomic mass is 32.1. The standard InChI is InChI=1S/C15H14N2OS/c1-10-12-4-2-3-5-13(12)19-14(10)15(18)17(9-8-16)11-6-7-11/h2-5,11H,6-7,9H2,1H3. The normalized spacial score (nSPS) is 14.3. The molecule has 1 aliphatic rings. The van der Waals surface area contributed by atoms with Crippen molar-refractivity contribution in [1.29, 1.82) is 5.26 Å². The van der Waals surface area contributed by atoms with E-state index in [-0.39, 0.29) is 18.5 Å². The number of nitrogens with zero attached hydrogens (tertiary/aromatic N) is 2. The molecule has 1 saturated carbocycles. The smallest absolute Gasteiger partial charge is 0.265 e. The molecule has 0 saturated heterocycles. The maximum absolute atomic E-state index is 12.6. The first-order valence-corrected chi connectivity index (χ1v) is 7.20. The number of amides is 1. The van der Waals surface area contributed by atoms with E-state index in [2.05, 4.69) is 6.07 Å². The number of nitriles is 1. The second-order valence-corrected chi connectivity index (χ2v) is 5.93. The van der Waals surface area contributed by atoms with Gasteiger partial charge < -0.3 is 4.90 Å². The molecule has 19 heavy (non-hydrogen) atoms. The molecule has 0 spiro atoms. The SMILES string of the molecule is Cc1c(C(=O)N(CC#N)C2CC2)sc2ccccc12. The molecule has 0 atom stereocenters. The Bertz CT molecular complexity index is 679. The second kappa shape index (κ2) is 4.67. The van der Waals surface area contributed by atoms with Gasteiger partial charge in [0, 0.05) is 10.7 Å². The summed E-state index contributed by atoms with van der Waals surface area (Å²) in [6.45, 7) is 2.18. The summed E-state index contributed by atoms with van der Waals surface area (Å²) in [6, 6.07) is 10.4. The lowest BCUT2D eigenvalue weighted by Gasteiger charge is -2.18. The van der Waals surface area contributed by atoms with Crippen molar-refractivity contribution in [2.45, 2.75) is 25.8 Å². The molecule has 4 heteroatoms. The lowest BCUT2D eigenvalue weighted by atomic mass is 10.1. The van der Waals surface area contributed by atoms with Gasteiger partial charge in [0.05, 0.1) is 10.9 Å². The van der Waals surface area contributed by atoms with E-state index in [1.165, 1.54) is 11.3 Å². The van der Waals surface area contributed by atoms with E-state index < -0.39 is 0 Å². The van der Waals surface area contributed by atoms with Crippen LogP contribution in [0, 0.1) is 18.3 Å². The van der Waals surface area contributed by atoms with Crippen molar-refractivity contribution in [2.75, 3.05) is 6.54 Å². The summed E-state index contributed by atoms with van der Waals surface area (Å²) in [4.78, 5) is 15.1. The van der Waals surface area contributed by atoms with Crippen LogP contribution in [0.5, 0.6) is 0 Å². The Kier molecular flexibility index (Phi) is 3.00. The summed E-state index contributed by atoms with van der Waals surface area (Å²) in [5.74, 6) is 0.0164. The molecule has 1 amide bonds. The van der Waals surface area contributed by atoms with Gasteiger partial charge in [-0.1, -0.05) is 18.2 Å². The van der Waals surface area contributed by atoms with Crippen molar-refractivity contribution in [3.05, 3.63) is 34.7 Å². The van der Waals surface area contributed by atoms with Gasteiger partial charge in [0.2, 0.25) is 0 Å². The molecule has 1 aromatic heterocycles. The number of fused-ring (bicyclic) bond motifs is 1. The minimum absolute atomic E-state index is 0.0164. The molecule has 2 aromatic rings. The van der Waals surface area contributed by atoms with Gasteiger partial charge in [-0.25, -0.2) is 0 Å². The molecule has 3 rings (SSSR count). The van der Waals surface area contributed by atoms with Gasteiger partial charge in [-0.15, -0.1) is 11.3 Å².